The number of carbonyl (C=O) groups excluding carboxylic acids is 3. The zero-order valence-electron chi connectivity index (χ0n) is 15.8. The molecule has 150 valence electrons. The Morgan fingerprint density at radius 3 is 2.71 bits per heavy atom. The first-order chi connectivity index (χ1) is 13.4. The number of rotatable bonds is 5. The van der Waals surface area contributed by atoms with E-state index >= 15 is 0 Å². The maximum Gasteiger partial charge on any atom is 0.329 e. The maximum absolute atomic E-state index is 12.5. The van der Waals surface area contributed by atoms with Gasteiger partial charge in [-0.3, -0.25) is 19.7 Å². The van der Waals surface area contributed by atoms with Gasteiger partial charge in [0, 0.05) is 31.6 Å². The Morgan fingerprint density at radius 2 is 2.00 bits per heavy atom. The zero-order valence-corrected chi connectivity index (χ0v) is 15.8. The number of likely N-dealkylation sites (tertiary alicyclic amines) is 1. The second kappa shape index (κ2) is 8.37. The van der Waals surface area contributed by atoms with Crippen LogP contribution in [-0.2, 0) is 25.5 Å². The molecule has 1 atom stereocenters. The largest absolute Gasteiger partial charge is 0.454 e. The average molecular weight is 389 g/mol. The molecule has 0 aromatic heterocycles. The molecule has 28 heavy (non-hydrogen) atoms. The van der Waals surface area contributed by atoms with Crippen molar-refractivity contribution in [1.82, 2.24) is 4.90 Å². The molecule has 0 spiro atoms. The molecule has 2 amide bonds. The summed E-state index contributed by atoms with van der Waals surface area (Å²) in [6.45, 7) is 2.19. The molecule has 1 aromatic rings. The monoisotopic (exact) mass is 389 g/mol. The summed E-state index contributed by atoms with van der Waals surface area (Å²) < 4.78 is 5.22. The first-order valence-corrected chi connectivity index (χ1v) is 9.46. The van der Waals surface area contributed by atoms with Crippen LogP contribution in [-0.4, -0.2) is 53.3 Å². The third kappa shape index (κ3) is 3.97. The second-order valence-corrected chi connectivity index (χ2v) is 6.93. The third-order valence-electron chi connectivity index (χ3n) is 5.21. The number of piperidine rings is 1. The third-order valence-corrected chi connectivity index (χ3v) is 5.21. The molecule has 2 heterocycles. The first-order valence-electron chi connectivity index (χ1n) is 9.46. The number of non-ortho nitro benzene ring substituents is 1. The van der Waals surface area contributed by atoms with E-state index in [1.165, 1.54) is 21.9 Å². The van der Waals surface area contributed by atoms with Crippen molar-refractivity contribution in [2.24, 2.45) is 0 Å². The van der Waals surface area contributed by atoms with Crippen molar-refractivity contribution >= 4 is 29.2 Å². The number of hydrogen-bond donors (Lipinski definition) is 0. The van der Waals surface area contributed by atoms with Gasteiger partial charge in [0.25, 0.3) is 11.6 Å². The molecular weight excluding hydrogens is 366 g/mol. The number of amides is 2. The Labute approximate surface area is 162 Å². The van der Waals surface area contributed by atoms with E-state index in [9.17, 15) is 24.5 Å². The van der Waals surface area contributed by atoms with Crippen molar-refractivity contribution in [1.29, 1.82) is 0 Å². The highest BCUT2D eigenvalue weighted by Gasteiger charge is 2.34. The molecule has 2 aliphatic rings. The predicted octanol–water partition coefficient (Wildman–Crippen LogP) is 1.82. The fraction of sp³-hybridized carbons (Fsp3) is 0.526. The summed E-state index contributed by atoms with van der Waals surface area (Å²) in [4.78, 5) is 50.5. The molecule has 1 saturated heterocycles. The van der Waals surface area contributed by atoms with E-state index in [4.69, 9.17) is 4.74 Å². The lowest BCUT2D eigenvalue weighted by Crippen LogP contribution is -2.49. The van der Waals surface area contributed by atoms with E-state index in [-0.39, 0.29) is 11.6 Å². The summed E-state index contributed by atoms with van der Waals surface area (Å²) in [5.74, 6) is -1.11. The van der Waals surface area contributed by atoms with Crippen LogP contribution in [0, 0.1) is 10.1 Å². The van der Waals surface area contributed by atoms with Crippen LogP contribution in [0.4, 0.5) is 11.4 Å². The van der Waals surface area contributed by atoms with Crippen molar-refractivity contribution in [2.75, 3.05) is 24.6 Å². The van der Waals surface area contributed by atoms with Crippen LogP contribution in [0.2, 0.25) is 0 Å². The van der Waals surface area contributed by atoms with Crippen LogP contribution in [0.25, 0.3) is 0 Å². The fourth-order valence-electron chi connectivity index (χ4n) is 3.73. The lowest BCUT2D eigenvalue weighted by Gasteiger charge is -2.34. The summed E-state index contributed by atoms with van der Waals surface area (Å²) in [6, 6.07) is 3.77. The number of nitro groups is 1. The van der Waals surface area contributed by atoms with Crippen LogP contribution in [0.15, 0.2) is 18.2 Å². The summed E-state index contributed by atoms with van der Waals surface area (Å²) >= 11 is 0. The van der Waals surface area contributed by atoms with E-state index < -0.39 is 29.4 Å². The zero-order chi connectivity index (χ0) is 20.3. The Morgan fingerprint density at radius 1 is 1.21 bits per heavy atom. The SMILES string of the molecule is CCC(=O)N1CCCC[C@@H]1C(=O)OCC(=O)N1CCc2ccc([N+](=O)[O-])cc21. The molecule has 2 aliphatic heterocycles. The maximum atomic E-state index is 12.5. The van der Waals surface area contributed by atoms with Crippen LogP contribution < -0.4 is 4.90 Å². The molecule has 0 unspecified atom stereocenters. The van der Waals surface area contributed by atoms with E-state index in [1.807, 2.05) is 0 Å². The minimum Gasteiger partial charge on any atom is -0.454 e. The van der Waals surface area contributed by atoms with E-state index in [1.54, 1.807) is 13.0 Å². The van der Waals surface area contributed by atoms with Crippen molar-refractivity contribution in [2.45, 2.75) is 45.1 Å². The first kappa shape index (κ1) is 19.8. The summed E-state index contributed by atoms with van der Waals surface area (Å²) in [5.41, 5.74) is 1.24. The Hall–Kier alpha value is -2.97. The number of ether oxygens (including phenoxy) is 1. The molecule has 1 aromatic carbocycles. The lowest BCUT2D eigenvalue weighted by molar-refractivity contribution is -0.384. The van der Waals surface area contributed by atoms with E-state index in [0.29, 0.717) is 38.0 Å². The van der Waals surface area contributed by atoms with Crippen molar-refractivity contribution in [3.63, 3.8) is 0 Å². The molecule has 1 fully saturated rings. The fourth-order valence-corrected chi connectivity index (χ4v) is 3.73. The summed E-state index contributed by atoms with van der Waals surface area (Å²) in [5, 5.41) is 11.0. The van der Waals surface area contributed by atoms with Gasteiger partial charge in [-0.2, -0.15) is 0 Å². The summed E-state index contributed by atoms with van der Waals surface area (Å²) in [7, 11) is 0. The number of carbonyl (C=O) groups is 3. The molecule has 3 rings (SSSR count). The van der Waals surface area contributed by atoms with Gasteiger partial charge in [0.2, 0.25) is 5.91 Å². The van der Waals surface area contributed by atoms with Crippen LogP contribution in [0.3, 0.4) is 0 Å². The summed E-state index contributed by atoms with van der Waals surface area (Å²) in [6.07, 6.45) is 3.10. The highest BCUT2D eigenvalue weighted by atomic mass is 16.6. The molecular formula is C19H23N3O6. The molecule has 0 aliphatic carbocycles. The highest BCUT2D eigenvalue weighted by molar-refractivity contribution is 5.97. The van der Waals surface area contributed by atoms with Crippen LogP contribution >= 0.6 is 0 Å². The molecule has 0 radical (unpaired) electrons. The molecule has 0 N–H and O–H groups in total. The van der Waals surface area contributed by atoms with Gasteiger partial charge in [-0.15, -0.1) is 0 Å². The van der Waals surface area contributed by atoms with Gasteiger partial charge in [-0.25, -0.2) is 4.79 Å². The number of nitro benzene ring substituents is 1. The second-order valence-electron chi connectivity index (χ2n) is 6.93. The van der Waals surface area contributed by atoms with Gasteiger partial charge in [0.05, 0.1) is 10.6 Å². The number of anilines is 1. The Kier molecular flexibility index (Phi) is 5.91. The van der Waals surface area contributed by atoms with E-state index in [0.717, 1.165) is 18.4 Å². The quantitative estimate of drug-likeness (QED) is 0.432. The van der Waals surface area contributed by atoms with Gasteiger partial charge in [0.1, 0.15) is 6.04 Å². The minimum absolute atomic E-state index is 0.0913. The number of hydrogen-bond acceptors (Lipinski definition) is 6. The van der Waals surface area contributed by atoms with E-state index in [2.05, 4.69) is 0 Å². The normalized spacial score (nSPS) is 18.5. The number of nitrogens with zero attached hydrogens (tertiary/aromatic N) is 3. The minimum atomic E-state index is -0.652. The topological polar surface area (TPSA) is 110 Å². The number of fused-ring (bicyclic) bond motifs is 1. The van der Waals surface area contributed by atoms with Crippen molar-refractivity contribution in [3.8, 4) is 0 Å². The Bertz CT molecular complexity index is 809. The van der Waals surface area contributed by atoms with Gasteiger partial charge in [-0.05, 0) is 31.2 Å². The number of esters is 1. The van der Waals surface area contributed by atoms with Crippen LogP contribution in [0.1, 0.15) is 38.2 Å². The van der Waals surface area contributed by atoms with Gasteiger partial charge >= 0.3 is 5.97 Å². The van der Waals surface area contributed by atoms with Crippen molar-refractivity contribution in [3.05, 3.63) is 33.9 Å². The van der Waals surface area contributed by atoms with Gasteiger partial charge in [-0.1, -0.05) is 13.0 Å². The molecule has 0 saturated carbocycles. The van der Waals surface area contributed by atoms with Gasteiger partial charge < -0.3 is 14.5 Å². The van der Waals surface area contributed by atoms with Gasteiger partial charge in [0.15, 0.2) is 6.61 Å². The van der Waals surface area contributed by atoms with Crippen LogP contribution in [0.5, 0.6) is 0 Å². The molecule has 9 heteroatoms. The number of benzene rings is 1. The molecule has 0 bridgehead atoms. The molecule has 9 nitrogen and oxygen atoms in total. The average Bonchev–Trinajstić information content (AvgIpc) is 3.14. The smallest absolute Gasteiger partial charge is 0.329 e. The highest BCUT2D eigenvalue weighted by Crippen LogP contribution is 2.31. The predicted molar refractivity (Wildman–Crippen MR) is 99.8 cm³/mol. The standard InChI is InChI=1S/C19H23N3O6/c1-2-17(23)20-9-4-3-5-15(20)19(25)28-12-18(24)21-10-8-13-6-7-14(22(26)27)11-16(13)21/h6-7,11,15H,2-5,8-10,12H2,1H3/t15-/m1/s1. The lowest BCUT2D eigenvalue weighted by atomic mass is 10.0. The Balaban J connectivity index is 1.63. The van der Waals surface area contributed by atoms with Crippen molar-refractivity contribution < 1.29 is 24.0 Å².